The smallest absolute Gasteiger partial charge is 0.227 e. The van der Waals surface area contributed by atoms with E-state index in [0.29, 0.717) is 24.0 Å². The lowest BCUT2D eigenvalue weighted by molar-refractivity contribution is -0.416. The van der Waals surface area contributed by atoms with E-state index in [1.807, 2.05) is 54.9 Å². The van der Waals surface area contributed by atoms with Crippen molar-refractivity contribution in [3.8, 4) is 17.2 Å². The van der Waals surface area contributed by atoms with Gasteiger partial charge in [-0.25, -0.2) is 19.7 Å². The number of rotatable bonds is 7. The first kappa shape index (κ1) is 22.8. The molecule has 1 aliphatic heterocycles. The first-order valence-corrected chi connectivity index (χ1v) is 12.0. The van der Waals surface area contributed by atoms with E-state index in [9.17, 15) is 5.21 Å². The van der Waals surface area contributed by atoms with Gasteiger partial charge >= 0.3 is 0 Å². The summed E-state index contributed by atoms with van der Waals surface area (Å²) in [5.74, 6) is 2.71. The van der Waals surface area contributed by atoms with Crippen LogP contribution in [-0.2, 0) is 6.42 Å². The van der Waals surface area contributed by atoms with Crippen molar-refractivity contribution in [3.05, 3.63) is 71.2 Å². The minimum Gasteiger partial charge on any atom is -0.624 e. The van der Waals surface area contributed by atoms with Gasteiger partial charge in [-0.05, 0) is 73.2 Å². The quantitative estimate of drug-likeness (QED) is 0.167. The fraction of sp³-hybridized carbons (Fsp3) is 0.333. The predicted octanol–water partition coefficient (Wildman–Crippen LogP) is 4.70. The molecule has 0 spiro atoms. The van der Waals surface area contributed by atoms with Crippen LogP contribution in [0.1, 0.15) is 30.9 Å². The van der Waals surface area contributed by atoms with Crippen LogP contribution in [0, 0.1) is 11.1 Å². The van der Waals surface area contributed by atoms with Crippen molar-refractivity contribution in [3.63, 3.8) is 0 Å². The van der Waals surface area contributed by atoms with Crippen LogP contribution >= 0.6 is 0 Å². The number of piperidine rings is 1. The molecule has 2 aromatic carbocycles. The normalized spacial score (nSPS) is 15.0. The summed E-state index contributed by atoms with van der Waals surface area (Å²) < 4.78 is 12.8. The van der Waals surface area contributed by atoms with Gasteiger partial charge in [0.2, 0.25) is 11.8 Å². The number of nitrogens with zero attached hydrogens (tertiary/aromatic N) is 5. The Labute approximate surface area is 204 Å². The van der Waals surface area contributed by atoms with Crippen molar-refractivity contribution in [2.24, 2.45) is 5.92 Å². The van der Waals surface area contributed by atoms with Gasteiger partial charge in [0.1, 0.15) is 18.3 Å². The Morgan fingerprint density at radius 3 is 2.54 bits per heavy atom. The van der Waals surface area contributed by atoms with Crippen molar-refractivity contribution < 1.29 is 13.9 Å². The molecule has 0 unspecified atom stereocenters. The Kier molecular flexibility index (Phi) is 6.61. The number of hydroxylamine groups is 1. The molecule has 0 N–H and O–H groups in total. The third kappa shape index (κ3) is 5.42. The second-order valence-corrected chi connectivity index (χ2v) is 8.93. The number of aromatic nitrogens is 3. The Hall–Kier alpha value is -3.94. The molecule has 1 fully saturated rings. The number of hydrogen-bond donors (Lipinski definition) is 0. The summed E-state index contributed by atoms with van der Waals surface area (Å²) in [6.45, 7) is 4.69. The van der Waals surface area contributed by atoms with Gasteiger partial charge in [-0.15, -0.1) is 0 Å². The molecule has 180 valence electrons. The SMILES string of the molecule is CCc1cnc(N2CCC(COc3ccc(-c4nc5ccc(/C=[N+](/C)[O-])cc5o4)cc3)CC2)nc1. The molecule has 0 bridgehead atoms. The van der Waals surface area contributed by atoms with Gasteiger partial charge in [0.05, 0.1) is 6.61 Å². The number of hydrogen-bond acceptors (Lipinski definition) is 7. The third-order valence-corrected chi connectivity index (χ3v) is 6.33. The molecule has 5 rings (SSSR count). The zero-order valence-electron chi connectivity index (χ0n) is 20.1. The number of benzene rings is 2. The highest BCUT2D eigenvalue weighted by molar-refractivity contribution is 5.85. The van der Waals surface area contributed by atoms with Crippen LogP contribution in [0.2, 0.25) is 0 Å². The summed E-state index contributed by atoms with van der Waals surface area (Å²) in [5, 5.41) is 11.3. The number of oxazole rings is 1. The molecule has 2 aromatic heterocycles. The largest absolute Gasteiger partial charge is 0.624 e. The van der Waals surface area contributed by atoms with Crippen molar-refractivity contribution in [2.45, 2.75) is 26.2 Å². The molecule has 35 heavy (non-hydrogen) atoms. The molecule has 3 heterocycles. The molecule has 8 nitrogen and oxygen atoms in total. The lowest BCUT2D eigenvalue weighted by atomic mass is 9.98. The molecule has 0 atom stereocenters. The molecular weight excluding hydrogens is 442 g/mol. The maximum absolute atomic E-state index is 11.3. The van der Waals surface area contributed by atoms with Crippen molar-refractivity contribution >= 4 is 23.3 Å². The van der Waals surface area contributed by atoms with Gasteiger partial charge in [0.25, 0.3) is 0 Å². The predicted molar refractivity (Wildman–Crippen MR) is 136 cm³/mol. The first-order valence-electron chi connectivity index (χ1n) is 12.0. The number of anilines is 1. The third-order valence-electron chi connectivity index (χ3n) is 6.33. The summed E-state index contributed by atoms with van der Waals surface area (Å²) in [6, 6.07) is 13.3. The van der Waals surface area contributed by atoms with Gasteiger partial charge < -0.3 is 19.3 Å². The second-order valence-electron chi connectivity index (χ2n) is 8.93. The molecule has 0 radical (unpaired) electrons. The monoisotopic (exact) mass is 471 g/mol. The maximum Gasteiger partial charge on any atom is 0.227 e. The van der Waals surface area contributed by atoms with Crippen molar-refractivity contribution in [2.75, 3.05) is 31.6 Å². The summed E-state index contributed by atoms with van der Waals surface area (Å²) in [7, 11) is 1.45. The van der Waals surface area contributed by atoms with Crippen LogP contribution in [-0.4, -0.2) is 52.6 Å². The zero-order valence-corrected chi connectivity index (χ0v) is 20.1. The molecule has 1 aliphatic rings. The van der Waals surface area contributed by atoms with Crippen LogP contribution < -0.4 is 9.64 Å². The molecule has 0 aliphatic carbocycles. The highest BCUT2D eigenvalue weighted by Crippen LogP contribution is 2.27. The van der Waals surface area contributed by atoms with E-state index < -0.39 is 0 Å². The molecular formula is C27H29N5O3. The topological polar surface area (TPSA) is 90.3 Å². The number of aryl methyl sites for hydroxylation is 1. The number of ether oxygens (including phenoxy) is 1. The second kappa shape index (κ2) is 10.1. The fourth-order valence-corrected chi connectivity index (χ4v) is 4.26. The first-order chi connectivity index (χ1) is 17.1. The minimum absolute atomic E-state index is 0.511. The average Bonchev–Trinajstić information content (AvgIpc) is 3.31. The zero-order chi connectivity index (χ0) is 24.2. The van der Waals surface area contributed by atoms with E-state index in [1.165, 1.54) is 13.3 Å². The molecule has 8 heteroatoms. The highest BCUT2D eigenvalue weighted by atomic mass is 16.5. The van der Waals surface area contributed by atoms with E-state index in [4.69, 9.17) is 9.15 Å². The van der Waals surface area contributed by atoms with Gasteiger partial charge in [0.15, 0.2) is 11.8 Å². The molecule has 0 amide bonds. The Morgan fingerprint density at radius 2 is 1.86 bits per heavy atom. The van der Waals surface area contributed by atoms with E-state index in [-0.39, 0.29) is 0 Å². The average molecular weight is 472 g/mol. The van der Waals surface area contributed by atoms with E-state index in [1.54, 1.807) is 0 Å². The molecule has 0 saturated carbocycles. The Balaban J connectivity index is 1.15. The van der Waals surface area contributed by atoms with Gasteiger partial charge in [-0.2, -0.15) is 0 Å². The summed E-state index contributed by atoms with van der Waals surface area (Å²) in [4.78, 5) is 15.8. The summed E-state index contributed by atoms with van der Waals surface area (Å²) in [5.41, 5.74) is 4.21. The lowest BCUT2D eigenvalue weighted by Gasteiger charge is -2.31. The van der Waals surface area contributed by atoms with Gasteiger partial charge in [-0.3, -0.25) is 0 Å². The van der Waals surface area contributed by atoms with Crippen LogP contribution in [0.4, 0.5) is 5.95 Å². The standard InChI is InChI=1S/C27H29N5O3/c1-3-19-15-28-27(29-16-19)32-12-10-20(11-13-32)18-34-23-7-5-22(6-8-23)26-30-24-9-4-21(17-31(2)33)14-25(24)35-26/h4-9,14-17,20H,3,10-13,18H2,1-2H3/b31-17-. The van der Waals surface area contributed by atoms with E-state index >= 15 is 0 Å². The maximum atomic E-state index is 11.3. The Morgan fingerprint density at radius 1 is 1.11 bits per heavy atom. The van der Waals surface area contributed by atoms with Crippen molar-refractivity contribution in [1.82, 2.24) is 15.0 Å². The Bertz CT molecular complexity index is 1300. The molecule has 4 aromatic rings. The molecule has 1 saturated heterocycles. The van der Waals surface area contributed by atoms with Crippen LogP contribution in [0.25, 0.3) is 22.6 Å². The number of fused-ring (bicyclic) bond motifs is 1. The van der Waals surface area contributed by atoms with E-state index in [0.717, 1.165) is 71.0 Å². The van der Waals surface area contributed by atoms with Crippen molar-refractivity contribution in [1.29, 1.82) is 0 Å². The van der Waals surface area contributed by atoms with E-state index in [2.05, 4.69) is 26.8 Å². The summed E-state index contributed by atoms with van der Waals surface area (Å²) in [6.07, 6.45) is 8.41. The van der Waals surface area contributed by atoms with Gasteiger partial charge in [0, 0.05) is 36.6 Å². The van der Waals surface area contributed by atoms with Crippen LogP contribution in [0.15, 0.2) is 59.3 Å². The minimum atomic E-state index is 0.511. The lowest BCUT2D eigenvalue weighted by Crippen LogP contribution is -2.36. The van der Waals surface area contributed by atoms with Crippen LogP contribution in [0.3, 0.4) is 0 Å². The van der Waals surface area contributed by atoms with Crippen LogP contribution in [0.5, 0.6) is 5.75 Å². The van der Waals surface area contributed by atoms with Gasteiger partial charge in [-0.1, -0.05) is 6.92 Å². The fourth-order valence-electron chi connectivity index (χ4n) is 4.26. The highest BCUT2D eigenvalue weighted by Gasteiger charge is 2.21. The summed E-state index contributed by atoms with van der Waals surface area (Å²) >= 11 is 0.